The van der Waals surface area contributed by atoms with Crippen molar-refractivity contribution in [3.05, 3.63) is 205 Å². The van der Waals surface area contributed by atoms with Gasteiger partial charge >= 0.3 is 0 Å². The van der Waals surface area contributed by atoms with Crippen molar-refractivity contribution in [2.75, 3.05) is 0 Å². The molecule has 3 heteroatoms. The molecule has 0 aliphatic heterocycles. The van der Waals surface area contributed by atoms with Crippen molar-refractivity contribution < 1.29 is 4.42 Å². The van der Waals surface area contributed by atoms with E-state index in [9.17, 15) is 0 Å². The molecule has 0 atom stereocenters. The number of hydrogen-bond donors (Lipinski definition) is 0. The first kappa shape index (κ1) is 33.9. The molecule has 0 radical (unpaired) electrons. The maximum Gasteiger partial charge on any atom is 0.160 e. The van der Waals surface area contributed by atoms with Crippen LogP contribution in [0.2, 0.25) is 0 Å². The fourth-order valence-electron chi connectivity index (χ4n) is 8.81. The van der Waals surface area contributed by atoms with Gasteiger partial charge in [0.05, 0.1) is 11.4 Å². The molecule has 1 aliphatic rings. The Hall–Kier alpha value is -7.36. The molecule has 10 aromatic rings. The van der Waals surface area contributed by atoms with Crippen LogP contribution in [0.3, 0.4) is 0 Å². The summed E-state index contributed by atoms with van der Waals surface area (Å²) in [5.74, 6) is 0.696. The first-order valence-electron chi connectivity index (χ1n) is 19.9. The fraction of sp³-hybridized carbons (Fsp3) is 0.0545. The minimum atomic E-state index is -0.191. The zero-order chi connectivity index (χ0) is 38.8. The van der Waals surface area contributed by atoms with Gasteiger partial charge in [-0.15, -0.1) is 0 Å². The van der Waals surface area contributed by atoms with Crippen LogP contribution >= 0.6 is 0 Å². The highest BCUT2D eigenvalue weighted by Gasteiger charge is 2.36. The van der Waals surface area contributed by atoms with Crippen LogP contribution < -0.4 is 0 Å². The number of para-hydroxylation sites is 1. The highest BCUT2D eigenvalue weighted by molar-refractivity contribution is 6.06. The summed E-state index contributed by atoms with van der Waals surface area (Å²) in [6.07, 6.45) is 0. The second kappa shape index (κ2) is 13.4. The molecule has 0 fully saturated rings. The van der Waals surface area contributed by atoms with E-state index >= 15 is 0 Å². The smallest absolute Gasteiger partial charge is 0.160 e. The largest absolute Gasteiger partial charge is 0.456 e. The van der Waals surface area contributed by atoms with Crippen molar-refractivity contribution in [1.82, 2.24) is 9.97 Å². The molecule has 0 saturated carbocycles. The van der Waals surface area contributed by atoms with Gasteiger partial charge in [-0.2, -0.15) is 0 Å². The van der Waals surface area contributed by atoms with Gasteiger partial charge in [-0.05, 0) is 110 Å². The summed E-state index contributed by atoms with van der Waals surface area (Å²) >= 11 is 0. The first-order chi connectivity index (χ1) is 28.5. The molecular formula is C55H38N2O. The van der Waals surface area contributed by atoms with Crippen molar-refractivity contribution in [2.24, 2.45) is 0 Å². The molecule has 0 amide bonds. The van der Waals surface area contributed by atoms with Gasteiger partial charge in [0.15, 0.2) is 5.82 Å². The molecule has 11 rings (SSSR count). The van der Waals surface area contributed by atoms with Gasteiger partial charge in [0.1, 0.15) is 11.2 Å². The molecule has 0 bridgehead atoms. The Morgan fingerprint density at radius 3 is 1.52 bits per heavy atom. The van der Waals surface area contributed by atoms with Gasteiger partial charge in [0.25, 0.3) is 0 Å². The van der Waals surface area contributed by atoms with E-state index in [1.807, 2.05) is 30.3 Å². The summed E-state index contributed by atoms with van der Waals surface area (Å²) in [5, 5.41) is 2.22. The maximum absolute atomic E-state index is 6.21. The van der Waals surface area contributed by atoms with Gasteiger partial charge in [-0.25, -0.2) is 9.97 Å². The summed E-state index contributed by atoms with van der Waals surface area (Å²) in [6.45, 7) is 4.69. The SMILES string of the molecule is CC1(C)c2cc(-c3ccccc3)ccc2-c2ccc(-c3cc(-c4cc(-c5ccccc5)cc(-c5ccc6oc7ccccc7c6c5)c4)nc(-c4ccccc4)n3)cc21. The lowest BCUT2D eigenvalue weighted by Crippen LogP contribution is -2.15. The Morgan fingerprint density at radius 2 is 0.828 bits per heavy atom. The lowest BCUT2D eigenvalue weighted by molar-refractivity contribution is 0.661. The summed E-state index contributed by atoms with van der Waals surface area (Å²) in [4.78, 5) is 10.6. The Morgan fingerprint density at radius 1 is 0.345 bits per heavy atom. The van der Waals surface area contributed by atoms with E-state index in [1.165, 1.54) is 33.4 Å². The molecule has 0 saturated heterocycles. The second-order valence-electron chi connectivity index (χ2n) is 15.8. The molecule has 3 nitrogen and oxygen atoms in total. The molecule has 2 aromatic heterocycles. The molecule has 1 aliphatic carbocycles. The zero-order valence-corrected chi connectivity index (χ0v) is 32.3. The average Bonchev–Trinajstić information content (AvgIpc) is 3.77. The number of aromatic nitrogens is 2. The van der Waals surface area contributed by atoms with Crippen molar-refractivity contribution in [1.29, 1.82) is 0 Å². The van der Waals surface area contributed by atoms with Crippen molar-refractivity contribution in [3.63, 3.8) is 0 Å². The van der Waals surface area contributed by atoms with Gasteiger partial charge in [0.2, 0.25) is 0 Å². The summed E-state index contributed by atoms with van der Waals surface area (Å²) in [7, 11) is 0. The second-order valence-corrected chi connectivity index (χ2v) is 15.8. The molecule has 274 valence electrons. The van der Waals surface area contributed by atoms with Gasteiger partial charge in [-0.3, -0.25) is 0 Å². The number of benzene rings is 8. The van der Waals surface area contributed by atoms with Crippen LogP contribution in [-0.4, -0.2) is 9.97 Å². The predicted molar refractivity (Wildman–Crippen MR) is 239 cm³/mol. The van der Waals surface area contributed by atoms with E-state index in [0.29, 0.717) is 5.82 Å². The molecule has 0 N–H and O–H groups in total. The number of hydrogen-bond acceptors (Lipinski definition) is 3. The van der Waals surface area contributed by atoms with Crippen LogP contribution in [0.25, 0.3) is 100 Å². The average molecular weight is 743 g/mol. The van der Waals surface area contributed by atoms with E-state index in [-0.39, 0.29) is 5.41 Å². The Labute approximate surface area is 338 Å². The van der Waals surface area contributed by atoms with Crippen LogP contribution in [-0.2, 0) is 5.41 Å². The fourth-order valence-corrected chi connectivity index (χ4v) is 8.81. The van der Waals surface area contributed by atoms with E-state index < -0.39 is 0 Å². The van der Waals surface area contributed by atoms with Crippen LogP contribution in [0.4, 0.5) is 0 Å². The third-order valence-electron chi connectivity index (χ3n) is 11.9. The van der Waals surface area contributed by atoms with Crippen LogP contribution in [0.15, 0.2) is 199 Å². The van der Waals surface area contributed by atoms with Crippen molar-refractivity contribution in [2.45, 2.75) is 19.3 Å². The summed E-state index contributed by atoms with van der Waals surface area (Å²) < 4.78 is 6.21. The highest BCUT2D eigenvalue weighted by Crippen LogP contribution is 2.51. The normalized spacial score (nSPS) is 12.8. The molecule has 2 heterocycles. The van der Waals surface area contributed by atoms with Crippen LogP contribution in [0.5, 0.6) is 0 Å². The number of furan rings is 1. The number of fused-ring (bicyclic) bond motifs is 6. The van der Waals surface area contributed by atoms with Crippen LogP contribution in [0, 0.1) is 0 Å². The topological polar surface area (TPSA) is 38.9 Å². The quantitative estimate of drug-likeness (QED) is 0.170. The van der Waals surface area contributed by atoms with Crippen LogP contribution in [0.1, 0.15) is 25.0 Å². The molecular weight excluding hydrogens is 705 g/mol. The summed E-state index contributed by atoms with van der Waals surface area (Å²) in [5.41, 5.74) is 18.6. The lowest BCUT2D eigenvalue weighted by Gasteiger charge is -2.22. The van der Waals surface area contributed by atoms with Gasteiger partial charge in [0, 0.05) is 32.9 Å². The highest BCUT2D eigenvalue weighted by atomic mass is 16.3. The van der Waals surface area contributed by atoms with E-state index in [4.69, 9.17) is 14.4 Å². The van der Waals surface area contributed by atoms with E-state index in [2.05, 4.69) is 178 Å². The lowest BCUT2D eigenvalue weighted by atomic mass is 9.81. The maximum atomic E-state index is 6.21. The third-order valence-corrected chi connectivity index (χ3v) is 11.9. The Kier molecular flexibility index (Phi) is 7.84. The minimum Gasteiger partial charge on any atom is -0.456 e. The Balaban J connectivity index is 1.07. The molecule has 58 heavy (non-hydrogen) atoms. The van der Waals surface area contributed by atoms with Gasteiger partial charge in [-0.1, -0.05) is 153 Å². The standard InChI is InChI=1S/C55H38N2O/c1-55(2)48-32-39(35-14-6-3-7-15-35)22-25-44(48)45-26-23-40(33-49(45)55)50-34-51(57-54(56-50)37-18-10-5-11-19-37)43-29-41(36-16-8-4-9-17-36)28-42(30-43)38-24-27-53-47(31-38)46-20-12-13-21-52(46)58-53/h3-34H,1-2H3. The van der Waals surface area contributed by atoms with E-state index in [0.717, 1.165) is 72.3 Å². The molecule has 8 aromatic carbocycles. The molecule has 0 unspecified atom stereocenters. The number of rotatable bonds is 6. The summed E-state index contributed by atoms with van der Waals surface area (Å²) in [6, 6.07) is 69.1. The van der Waals surface area contributed by atoms with Crippen molar-refractivity contribution >= 4 is 21.9 Å². The van der Waals surface area contributed by atoms with Gasteiger partial charge < -0.3 is 4.42 Å². The van der Waals surface area contributed by atoms with E-state index in [1.54, 1.807) is 0 Å². The monoisotopic (exact) mass is 742 g/mol. The number of nitrogens with zero attached hydrogens (tertiary/aromatic N) is 2. The van der Waals surface area contributed by atoms with Crippen molar-refractivity contribution in [3.8, 4) is 78.4 Å². The third kappa shape index (κ3) is 5.74. The molecule has 0 spiro atoms. The minimum absolute atomic E-state index is 0.191. The zero-order valence-electron chi connectivity index (χ0n) is 32.3. The Bertz CT molecular complexity index is 3180. The predicted octanol–water partition coefficient (Wildman–Crippen LogP) is 14.7. The first-order valence-corrected chi connectivity index (χ1v) is 19.9.